The first kappa shape index (κ1) is 66.2. The molecule has 0 aromatic rings. The molecule has 3 fully saturated rings. The summed E-state index contributed by atoms with van der Waals surface area (Å²) in [5.41, 5.74) is -4.92. The number of aliphatic hydroxyl groups is 4. The zero-order chi connectivity index (χ0) is 54.9. The van der Waals surface area contributed by atoms with Crippen LogP contribution in [0.15, 0.2) is 0 Å². The van der Waals surface area contributed by atoms with Crippen molar-refractivity contribution in [2.24, 2.45) is 23.7 Å². The number of likely N-dealkylation sites (N-methyl/N-ethyl adjacent to an activating group) is 1. The van der Waals surface area contributed by atoms with E-state index in [0.29, 0.717) is 12.8 Å². The summed E-state index contributed by atoms with van der Waals surface area (Å²) in [6.07, 6.45) is 2.17. The number of methoxy groups -OCH3 is 1. The first-order valence-electron chi connectivity index (χ1n) is 26.6. The Morgan fingerprint density at radius 1 is 0.792 bits per heavy atom. The molecule has 5 N–H and O–H groups in total. The highest BCUT2D eigenvalue weighted by molar-refractivity contribution is 7.80. The highest BCUT2D eigenvalue weighted by atomic mass is 32.3. The number of ether oxygens (including phenoxy) is 7. The Hall–Kier alpha value is -1.92. The Morgan fingerprint density at radius 2 is 1.36 bits per heavy atom. The maximum Gasteiger partial charge on any atom is 0.397 e. The maximum absolute atomic E-state index is 14.2. The van der Waals surface area contributed by atoms with E-state index in [0.717, 1.165) is 12.8 Å². The van der Waals surface area contributed by atoms with E-state index in [2.05, 4.69) is 11.1 Å². The second-order valence-electron chi connectivity index (χ2n) is 21.7. The predicted molar refractivity (Wildman–Crippen MR) is 270 cm³/mol. The lowest BCUT2D eigenvalue weighted by Gasteiger charge is -2.49. The van der Waals surface area contributed by atoms with E-state index >= 15 is 0 Å². The molecule has 0 radical (unpaired) electrons. The standard InChI is InChI=1S/C40H71NO14.C12H26O4S/c1-15-27-40(11,48)33(44)22(5)30(43)20(3)18-38(9,47)35(55-37-32(53-28(42)16-2)26(41(12)13)17-21(4)50-37)23(6)31(24(7)36(46)52-27)54-29-19-39(10,49-14)34(45)25(8)51-29;1-2-3-4-5-6-7-8-9-10-11-12-16-17(13,14)15/h20-27,29,31-35,37,44-45,47-48H,15-19H2,1-14H3;2-12H2,1H3,(H,13,14,15)/t20-,21?,22+,23+,24-,25?,26?,27-,29?,31+,32?,33-,34?,35-,37?,38-,39?,40-;/m1./s1. The minimum absolute atomic E-state index is 0.0760. The quantitative estimate of drug-likeness (QED) is 0.0468. The minimum Gasteiger partial charge on any atom is -0.459 e. The molecular weight excluding hydrogens is 959 g/mol. The van der Waals surface area contributed by atoms with Gasteiger partial charge in [0.05, 0.1) is 60.3 Å². The molecule has 0 amide bonds. The van der Waals surface area contributed by atoms with Crippen LogP contribution in [0.3, 0.4) is 0 Å². The van der Waals surface area contributed by atoms with Crippen LogP contribution in [0.5, 0.6) is 0 Å². The molecule has 3 saturated heterocycles. The summed E-state index contributed by atoms with van der Waals surface area (Å²) >= 11 is 0. The summed E-state index contributed by atoms with van der Waals surface area (Å²) in [6, 6.07) is -0.319. The maximum atomic E-state index is 14.2. The van der Waals surface area contributed by atoms with Gasteiger partial charge in [0.15, 0.2) is 18.7 Å². The lowest BCUT2D eigenvalue weighted by Crippen LogP contribution is -2.61. The molecule has 0 aromatic heterocycles. The van der Waals surface area contributed by atoms with Gasteiger partial charge in [0.25, 0.3) is 0 Å². The number of aliphatic hydroxyl groups excluding tert-OH is 2. The third-order valence-electron chi connectivity index (χ3n) is 15.1. The van der Waals surface area contributed by atoms with Gasteiger partial charge in [-0.1, -0.05) is 99.3 Å². The number of cyclic esters (lactones) is 1. The predicted octanol–water partition coefficient (Wildman–Crippen LogP) is 6.47. The normalized spacial score (nSPS) is 38.6. The number of rotatable bonds is 21. The van der Waals surface area contributed by atoms with E-state index in [1.807, 2.05) is 25.9 Å². The zero-order valence-corrected chi connectivity index (χ0v) is 47.2. The number of hydrogen-bond donors (Lipinski definition) is 5. The first-order valence-corrected chi connectivity index (χ1v) is 28.0. The number of carbonyl (C=O) groups excluding carboxylic acids is 3. The van der Waals surface area contributed by atoms with Crippen molar-refractivity contribution < 1.29 is 85.1 Å². The van der Waals surface area contributed by atoms with E-state index < -0.39 is 124 Å². The van der Waals surface area contributed by atoms with Gasteiger partial charge in [-0.05, 0) is 81.3 Å². The molecule has 8 unspecified atom stereocenters. The second kappa shape index (κ2) is 30.1. The van der Waals surface area contributed by atoms with Gasteiger partial charge in [0.1, 0.15) is 23.6 Å². The third kappa shape index (κ3) is 19.6. The summed E-state index contributed by atoms with van der Waals surface area (Å²) in [5.74, 6) is -5.59. The van der Waals surface area contributed by atoms with Crippen molar-refractivity contribution in [1.82, 2.24) is 4.90 Å². The molecule has 3 rings (SSSR count). The molecule has 0 spiro atoms. The summed E-state index contributed by atoms with van der Waals surface area (Å²) in [5, 5.41) is 46.6. The summed E-state index contributed by atoms with van der Waals surface area (Å²) in [7, 11) is 0.973. The van der Waals surface area contributed by atoms with Gasteiger partial charge in [0.2, 0.25) is 0 Å². The molecular formula is C52H97NO18S. The lowest BCUT2D eigenvalue weighted by atomic mass is 9.74. The van der Waals surface area contributed by atoms with Gasteiger partial charge in [0, 0.05) is 37.7 Å². The first-order chi connectivity index (χ1) is 33.4. The van der Waals surface area contributed by atoms with E-state index in [9.17, 15) is 43.2 Å². The summed E-state index contributed by atoms with van der Waals surface area (Å²) in [4.78, 5) is 42.9. The molecule has 72 heavy (non-hydrogen) atoms. The van der Waals surface area contributed by atoms with Crippen molar-refractivity contribution in [3.63, 3.8) is 0 Å². The number of hydrogen-bond acceptors (Lipinski definition) is 18. The molecule has 424 valence electrons. The van der Waals surface area contributed by atoms with Crippen LogP contribution in [0, 0.1) is 23.7 Å². The fourth-order valence-electron chi connectivity index (χ4n) is 10.5. The molecule has 3 aliphatic rings. The summed E-state index contributed by atoms with van der Waals surface area (Å²) in [6.45, 7) is 20.3. The fourth-order valence-corrected chi connectivity index (χ4v) is 10.8. The van der Waals surface area contributed by atoms with Crippen LogP contribution < -0.4 is 0 Å². The van der Waals surface area contributed by atoms with Gasteiger partial charge < -0.3 is 58.5 Å². The molecule has 20 heteroatoms. The average Bonchev–Trinajstić information content (AvgIpc) is 3.30. The number of nitrogens with zero attached hydrogens (tertiary/aromatic N) is 1. The average molecular weight is 1060 g/mol. The van der Waals surface area contributed by atoms with Crippen LogP contribution in [0.1, 0.15) is 179 Å². The fraction of sp³-hybridized carbons (Fsp3) is 0.942. The Labute approximate surface area is 432 Å². The largest absolute Gasteiger partial charge is 0.459 e. The second-order valence-corrected chi connectivity index (χ2v) is 22.8. The van der Waals surface area contributed by atoms with E-state index in [1.165, 1.54) is 72.8 Å². The Morgan fingerprint density at radius 3 is 1.88 bits per heavy atom. The smallest absolute Gasteiger partial charge is 0.397 e. The number of esters is 2. The van der Waals surface area contributed by atoms with Gasteiger partial charge in [-0.15, -0.1) is 0 Å². The van der Waals surface area contributed by atoms with E-state index in [4.69, 9.17) is 37.7 Å². The van der Waals surface area contributed by atoms with Crippen LogP contribution >= 0.6 is 0 Å². The highest BCUT2D eigenvalue weighted by Crippen LogP contribution is 2.41. The summed E-state index contributed by atoms with van der Waals surface area (Å²) < 4.78 is 76.6. The van der Waals surface area contributed by atoms with Crippen molar-refractivity contribution in [3.8, 4) is 0 Å². The van der Waals surface area contributed by atoms with E-state index in [-0.39, 0.29) is 44.4 Å². The molecule has 0 aromatic carbocycles. The number of ketones is 1. The van der Waals surface area contributed by atoms with Crippen molar-refractivity contribution in [3.05, 3.63) is 0 Å². The van der Waals surface area contributed by atoms with Crippen LogP contribution in [-0.2, 0) is 62.1 Å². The van der Waals surface area contributed by atoms with Gasteiger partial charge in [-0.3, -0.25) is 18.9 Å². The van der Waals surface area contributed by atoms with Crippen molar-refractivity contribution in [2.75, 3.05) is 27.8 Å². The van der Waals surface area contributed by atoms with Crippen LogP contribution in [-0.4, -0.2) is 168 Å². The van der Waals surface area contributed by atoms with Crippen molar-refractivity contribution in [1.29, 1.82) is 0 Å². The van der Waals surface area contributed by atoms with Crippen molar-refractivity contribution >= 4 is 28.1 Å². The Balaban J connectivity index is 0.000000887. The lowest BCUT2D eigenvalue weighted by molar-refractivity contribution is -0.319. The third-order valence-corrected chi connectivity index (χ3v) is 15.5. The van der Waals surface area contributed by atoms with Crippen molar-refractivity contribution in [2.45, 2.75) is 264 Å². The molecule has 0 aliphatic carbocycles. The van der Waals surface area contributed by atoms with Crippen LogP contribution in [0.2, 0.25) is 0 Å². The number of Topliss-reactive ketones (excluding diaryl/α,β-unsaturated/α-hetero) is 1. The SMILES string of the molecule is CCC(=O)OC1C(O[C@@H]2[C@@H](C)[C@H](OC3CC(C)(OC)C(O)C(C)O3)[C@@H](C)C(=O)O[C@H](CC)[C@@](C)(O)[C@H](O)[C@@H](C)C(=O)[C@H](C)C[C@@]2(C)O)OC(C)CC1N(C)C.CCCCCCCCCCCCOS(=O)(=O)O. The Bertz CT molecular complexity index is 1730. The van der Waals surface area contributed by atoms with Crippen LogP contribution in [0.25, 0.3) is 0 Å². The Kier molecular flexibility index (Phi) is 27.7. The molecule has 19 nitrogen and oxygen atoms in total. The number of unbranched alkanes of at least 4 members (excludes halogenated alkanes) is 9. The molecule has 18 atom stereocenters. The molecule has 0 bridgehead atoms. The molecule has 3 heterocycles. The molecule has 0 saturated carbocycles. The zero-order valence-electron chi connectivity index (χ0n) is 46.4. The minimum atomic E-state index is -4.23. The topological polar surface area (TPSA) is 264 Å². The molecule has 3 aliphatic heterocycles. The highest BCUT2D eigenvalue weighted by Gasteiger charge is 2.54. The van der Waals surface area contributed by atoms with Gasteiger partial charge >= 0.3 is 22.3 Å². The van der Waals surface area contributed by atoms with E-state index in [1.54, 1.807) is 48.5 Å². The van der Waals surface area contributed by atoms with Gasteiger partial charge in [-0.2, -0.15) is 8.42 Å². The monoisotopic (exact) mass is 1060 g/mol. The number of carbonyl (C=O) groups is 3. The van der Waals surface area contributed by atoms with Gasteiger partial charge in [-0.25, -0.2) is 4.18 Å². The van der Waals surface area contributed by atoms with Crippen LogP contribution in [0.4, 0.5) is 0 Å².